The summed E-state index contributed by atoms with van der Waals surface area (Å²) in [7, 11) is 0. The molecule has 3 heterocycles. The predicted octanol–water partition coefficient (Wildman–Crippen LogP) is 14.6. The van der Waals surface area contributed by atoms with Gasteiger partial charge in [0.05, 0.1) is 83.9 Å². The number of thiocarbonyl (C=S) groups is 1. The highest BCUT2D eigenvalue weighted by atomic mass is 32.1. The minimum Gasteiger partial charge on any atom is -0.374 e. The molecule has 3 aliphatic heterocycles. The summed E-state index contributed by atoms with van der Waals surface area (Å²) in [4.78, 5) is 4.70. The first-order valence-electron chi connectivity index (χ1n) is 33.6. The van der Waals surface area contributed by atoms with Gasteiger partial charge < -0.3 is 66.3 Å². The fourth-order valence-corrected chi connectivity index (χ4v) is 12.5. The highest BCUT2D eigenvalue weighted by Gasteiger charge is 2.57. The largest absolute Gasteiger partial charge is 0.374 e. The molecule has 12 rings (SSSR count). The minimum absolute atomic E-state index is 0.0173. The monoisotopic (exact) mass is 1340 g/mol. The van der Waals surface area contributed by atoms with Crippen LogP contribution in [0, 0.1) is 0 Å². The smallest absolute Gasteiger partial charge is 0.187 e. The van der Waals surface area contributed by atoms with E-state index < -0.39 is 92.1 Å². The molecular formula is C82H85NO14S. The first-order chi connectivity index (χ1) is 48.5. The molecule has 15 atom stereocenters. The van der Waals surface area contributed by atoms with Crippen molar-refractivity contribution in [1.82, 2.24) is 0 Å². The van der Waals surface area contributed by atoms with Gasteiger partial charge in [-0.15, -0.1) is 0 Å². The quantitative estimate of drug-likeness (QED) is 0.0279. The van der Waals surface area contributed by atoms with Gasteiger partial charge in [-0.25, -0.2) is 4.99 Å². The zero-order valence-electron chi connectivity index (χ0n) is 55.0. The molecule has 508 valence electrons. The van der Waals surface area contributed by atoms with Crippen LogP contribution in [0.25, 0.3) is 0 Å². The van der Waals surface area contributed by atoms with Crippen molar-refractivity contribution in [2.75, 3.05) is 13.2 Å². The molecule has 0 spiro atoms. The number of isothiocyanates is 1. The molecule has 3 aliphatic rings. The summed E-state index contributed by atoms with van der Waals surface area (Å²) in [5.74, 6) is 0. The number of hydrogen-bond acceptors (Lipinski definition) is 16. The van der Waals surface area contributed by atoms with Gasteiger partial charge in [-0.2, -0.15) is 0 Å². The van der Waals surface area contributed by atoms with Crippen molar-refractivity contribution in [3.05, 3.63) is 323 Å². The van der Waals surface area contributed by atoms with Gasteiger partial charge in [0, 0.05) is 0 Å². The van der Waals surface area contributed by atoms with E-state index in [4.69, 9.17) is 83.5 Å². The Morgan fingerprint density at radius 2 is 0.531 bits per heavy atom. The summed E-state index contributed by atoms with van der Waals surface area (Å²) < 4.78 is 101. The molecule has 16 heteroatoms. The lowest BCUT2D eigenvalue weighted by Gasteiger charge is -2.51. The highest BCUT2D eigenvalue weighted by molar-refractivity contribution is 7.78. The van der Waals surface area contributed by atoms with Gasteiger partial charge in [-0.3, -0.25) is 0 Å². The lowest BCUT2D eigenvalue weighted by molar-refractivity contribution is -0.391. The zero-order valence-corrected chi connectivity index (χ0v) is 55.8. The standard InChI is InChI=1S/C82H85NO14S/c1-59-71(83-58-98)74(86-49-62-33-15-4-16-34-62)77(89-52-65-39-21-7-22-40-65)81(93-59)96-73-70(57-85-48-61-31-13-3-14-32-61)95-82(79(91-54-67-43-25-9-26-44-67)76(73)88-51-64-37-19-6-20-38-64)97-72-69(56-84-47-60-29-11-2-12-30-60)94-80(92-55-68-45-27-10-28-46-68)78(90-53-66-41-23-8-24-42-66)75(72)87-50-63-35-17-5-18-36-63/h2-46,59,69-82H,47-57H2,1H3/t59-,69-,70-,71-,72-,73-,74+,75+,76+,77-,78-,79-,80-,81-,82-/m1/s1. The van der Waals surface area contributed by atoms with Crippen LogP contribution < -0.4 is 0 Å². The van der Waals surface area contributed by atoms with Crippen molar-refractivity contribution < 1.29 is 66.3 Å². The summed E-state index contributed by atoms with van der Waals surface area (Å²) >= 11 is 5.34. The van der Waals surface area contributed by atoms with Gasteiger partial charge in [0.1, 0.15) is 67.1 Å². The molecule has 0 saturated carbocycles. The topological polar surface area (TPSA) is 142 Å². The maximum Gasteiger partial charge on any atom is 0.187 e. The van der Waals surface area contributed by atoms with E-state index >= 15 is 0 Å². The van der Waals surface area contributed by atoms with Crippen molar-refractivity contribution in [1.29, 1.82) is 0 Å². The van der Waals surface area contributed by atoms with E-state index in [1.165, 1.54) is 0 Å². The molecule has 3 saturated heterocycles. The van der Waals surface area contributed by atoms with Gasteiger partial charge in [-0.05, 0) is 69.2 Å². The van der Waals surface area contributed by atoms with Crippen LogP contribution in [-0.2, 0) is 126 Å². The third-order valence-corrected chi connectivity index (χ3v) is 17.6. The van der Waals surface area contributed by atoms with Crippen molar-refractivity contribution in [3.63, 3.8) is 0 Å². The normalized spacial score (nSPS) is 25.5. The molecule has 0 aromatic heterocycles. The SMILES string of the molecule is C[C@H]1O[C@H](O[C@H]2[C@H](OCc3ccccc3)[C@@H](OCc3ccccc3)[C@@H](O[C@H]3[C@H](OCc4ccccc4)[C@@H](OCc4ccccc4)[C@H](OCc4ccccc4)O[C@@H]3COCc3ccccc3)O[C@@H]2COCc2ccccc2)[C@H](OCc2ccccc2)[C@@H](OCc2ccccc2)[C@@H]1N=C=S. The summed E-state index contributed by atoms with van der Waals surface area (Å²) in [5, 5.41) is 2.64. The van der Waals surface area contributed by atoms with Gasteiger partial charge >= 0.3 is 0 Å². The number of benzene rings is 9. The number of ether oxygens (including phenoxy) is 14. The van der Waals surface area contributed by atoms with Crippen LogP contribution in [0.3, 0.4) is 0 Å². The second-order valence-electron chi connectivity index (χ2n) is 24.6. The van der Waals surface area contributed by atoms with E-state index in [2.05, 4.69) is 5.16 Å². The first-order valence-corrected chi connectivity index (χ1v) is 34.0. The summed E-state index contributed by atoms with van der Waals surface area (Å²) in [6.07, 6.45) is -13.5. The molecule has 9 aromatic rings. The van der Waals surface area contributed by atoms with Crippen molar-refractivity contribution in [2.24, 2.45) is 4.99 Å². The number of aliphatic imine (C=N–C) groups is 1. The molecule has 0 N–H and O–H groups in total. The van der Waals surface area contributed by atoms with Gasteiger partial charge in [0.2, 0.25) is 0 Å². The van der Waals surface area contributed by atoms with Gasteiger partial charge in [-0.1, -0.05) is 273 Å². The number of nitrogens with zero attached hydrogens (tertiary/aromatic N) is 1. The molecule has 9 aromatic carbocycles. The van der Waals surface area contributed by atoms with Crippen molar-refractivity contribution in [3.8, 4) is 0 Å². The van der Waals surface area contributed by atoms with Crippen LogP contribution in [0.2, 0.25) is 0 Å². The Kier molecular flexibility index (Phi) is 26.8. The summed E-state index contributed by atoms with van der Waals surface area (Å²) in [6, 6.07) is 89.3. The Labute approximate surface area is 580 Å². The lowest BCUT2D eigenvalue weighted by Crippen LogP contribution is -2.67. The van der Waals surface area contributed by atoms with Gasteiger partial charge in [0.25, 0.3) is 0 Å². The van der Waals surface area contributed by atoms with Crippen LogP contribution in [0.1, 0.15) is 57.0 Å². The molecule has 0 unspecified atom stereocenters. The Morgan fingerprint density at radius 1 is 0.286 bits per heavy atom. The zero-order chi connectivity index (χ0) is 66.8. The van der Waals surface area contributed by atoms with Crippen LogP contribution in [-0.4, -0.2) is 110 Å². The number of hydrogen-bond donors (Lipinski definition) is 0. The minimum atomic E-state index is -1.27. The summed E-state index contributed by atoms with van der Waals surface area (Å²) in [6.45, 7) is 3.71. The second-order valence-corrected chi connectivity index (χ2v) is 24.8. The lowest BCUT2D eigenvalue weighted by atomic mass is 9.94. The first kappa shape index (κ1) is 70.1. The molecule has 0 aliphatic carbocycles. The summed E-state index contributed by atoms with van der Waals surface area (Å²) in [5.41, 5.74) is 8.43. The highest BCUT2D eigenvalue weighted by Crippen LogP contribution is 2.40. The van der Waals surface area contributed by atoms with Crippen molar-refractivity contribution in [2.45, 2.75) is 158 Å². The maximum absolute atomic E-state index is 7.81. The van der Waals surface area contributed by atoms with E-state index in [1.54, 1.807) is 0 Å². The van der Waals surface area contributed by atoms with Crippen LogP contribution in [0.4, 0.5) is 0 Å². The average molecular weight is 1340 g/mol. The fraction of sp³-hybridized carbons (Fsp3) is 0.329. The fourth-order valence-electron chi connectivity index (χ4n) is 12.4. The van der Waals surface area contributed by atoms with E-state index in [-0.39, 0.29) is 72.7 Å². The van der Waals surface area contributed by atoms with Crippen LogP contribution in [0.15, 0.2) is 278 Å². The van der Waals surface area contributed by atoms with Crippen LogP contribution >= 0.6 is 12.2 Å². The maximum atomic E-state index is 7.81. The van der Waals surface area contributed by atoms with E-state index in [0.717, 1.165) is 50.1 Å². The molecule has 0 bridgehead atoms. The third-order valence-electron chi connectivity index (χ3n) is 17.5. The second kappa shape index (κ2) is 37.4. The van der Waals surface area contributed by atoms with E-state index in [0.29, 0.717) is 0 Å². The third kappa shape index (κ3) is 20.2. The molecule has 0 amide bonds. The Bertz CT molecular complexity index is 3730. The molecule has 15 nitrogen and oxygen atoms in total. The van der Waals surface area contributed by atoms with Crippen LogP contribution in [0.5, 0.6) is 0 Å². The average Bonchev–Trinajstić information content (AvgIpc) is 0.767. The Balaban J connectivity index is 0.974. The van der Waals surface area contributed by atoms with Gasteiger partial charge in [0.15, 0.2) is 18.9 Å². The molecule has 3 fully saturated rings. The van der Waals surface area contributed by atoms with E-state index in [1.807, 2.05) is 280 Å². The molecule has 0 radical (unpaired) electrons. The predicted molar refractivity (Wildman–Crippen MR) is 374 cm³/mol. The number of rotatable bonds is 34. The molecule has 98 heavy (non-hydrogen) atoms. The van der Waals surface area contributed by atoms with E-state index in [9.17, 15) is 0 Å². The molecular weight excluding hydrogens is 1250 g/mol. The Morgan fingerprint density at radius 3 is 0.847 bits per heavy atom. The Hall–Kier alpha value is -7.78. The van der Waals surface area contributed by atoms with Crippen molar-refractivity contribution >= 4 is 17.4 Å².